The highest BCUT2D eigenvalue weighted by Crippen LogP contribution is 2.42. The highest BCUT2D eigenvalue weighted by atomic mass is 16.7. The first-order chi connectivity index (χ1) is 19.0. The van der Waals surface area contributed by atoms with E-state index in [9.17, 15) is 25.1 Å². The molecule has 0 unspecified atom stereocenters. The van der Waals surface area contributed by atoms with Gasteiger partial charge in [0.1, 0.15) is 16.9 Å². The van der Waals surface area contributed by atoms with Crippen molar-refractivity contribution in [2.24, 2.45) is 0 Å². The van der Waals surface area contributed by atoms with Crippen LogP contribution >= 0.6 is 0 Å². The number of hydrogen-bond acceptors (Lipinski definition) is 12. The Labute approximate surface area is 226 Å². The Hall–Kier alpha value is -3.57. The van der Waals surface area contributed by atoms with Crippen molar-refractivity contribution in [3.8, 4) is 28.7 Å². The number of nitrogens with zero attached hydrogens (tertiary/aromatic N) is 1. The summed E-state index contributed by atoms with van der Waals surface area (Å²) in [5, 5.41) is 29.9. The molecule has 0 bridgehead atoms. The molecule has 0 aromatic heterocycles. The van der Waals surface area contributed by atoms with E-state index in [4.69, 9.17) is 33.2 Å². The SMILES string of the molecule is COCCOCOc1ccc(C#N)cc1-c1cc(C(CO)(CO)C(=O)OC)cc(C=O)c1OCOCCOC. The molecule has 2 N–H and O–H groups in total. The second-order valence-corrected chi connectivity index (χ2v) is 8.10. The van der Waals surface area contributed by atoms with Crippen molar-refractivity contribution in [2.75, 3.05) is 74.6 Å². The molecule has 0 aliphatic rings. The van der Waals surface area contributed by atoms with Crippen molar-refractivity contribution in [2.45, 2.75) is 5.41 Å². The minimum Gasteiger partial charge on any atom is -0.468 e. The quantitative estimate of drug-likeness (QED) is 0.120. The Kier molecular flexibility index (Phi) is 13.3. The van der Waals surface area contributed by atoms with Gasteiger partial charge in [0.15, 0.2) is 19.9 Å². The Balaban J connectivity index is 2.73. The summed E-state index contributed by atoms with van der Waals surface area (Å²) in [4.78, 5) is 24.9. The number of aliphatic hydroxyl groups excluding tert-OH is 2. The molecule has 0 aliphatic heterocycles. The molecule has 12 nitrogen and oxygen atoms in total. The summed E-state index contributed by atoms with van der Waals surface area (Å²) in [7, 11) is 4.17. The number of rotatable bonds is 18. The number of ether oxygens (including phenoxy) is 7. The van der Waals surface area contributed by atoms with Gasteiger partial charge in [-0.25, -0.2) is 0 Å². The molecule has 0 atom stereocenters. The number of nitriles is 1. The zero-order valence-corrected chi connectivity index (χ0v) is 22.1. The molecule has 2 aromatic rings. The summed E-state index contributed by atoms with van der Waals surface area (Å²) in [5.74, 6) is -0.594. The monoisotopic (exact) mass is 547 g/mol. The molecule has 0 spiro atoms. The van der Waals surface area contributed by atoms with E-state index in [1.54, 1.807) is 6.07 Å². The molecule has 39 heavy (non-hydrogen) atoms. The lowest BCUT2D eigenvalue weighted by Crippen LogP contribution is -2.44. The van der Waals surface area contributed by atoms with Crippen LogP contribution in [0.2, 0.25) is 0 Å². The van der Waals surface area contributed by atoms with E-state index in [2.05, 4.69) is 6.07 Å². The van der Waals surface area contributed by atoms with Gasteiger partial charge in [-0.15, -0.1) is 0 Å². The van der Waals surface area contributed by atoms with Gasteiger partial charge in [-0.3, -0.25) is 9.59 Å². The van der Waals surface area contributed by atoms with E-state index in [1.807, 2.05) is 0 Å². The topological polar surface area (TPSA) is 163 Å². The van der Waals surface area contributed by atoms with Gasteiger partial charge in [-0.1, -0.05) is 0 Å². The fraction of sp³-hybridized carbons (Fsp3) is 0.444. The molecular formula is C27H33NO11. The molecule has 2 aromatic carbocycles. The van der Waals surface area contributed by atoms with Crippen LogP contribution in [0.1, 0.15) is 21.5 Å². The van der Waals surface area contributed by atoms with E-state index in [0.717, 1.165) is 7.11 Å². The predicted molar refractivity (Wildman–Crippen MR) is 136 cm³/mol. The maximum atomic E-state index is 12.7. The van der Waals surface area contributed by atoms with E-state index in [0.29, 0.717) is 25.1 Å². The average Bonchev–Trinajstić information content (AvgIpc) is 2.97. The van der Waals surface area contributed by atoms with Crippen molar-refractivity contribution in [3.63, 3.8) is 0 Å². The van der Waals surface area contributed by atoms with Crippen molar-refractivity contribution in [1.29, 1.82) is 5.26 Å². The van der Waals surface area contributed by atoms with Crippen LogP contribution in [0.25, 0.3) is 11.1 Å². The summed E-state index contributed by atoms with van der Waals surface area (Å²) in [6, 6.07) is 9.41. The van der Waals surface area contributed by atoms with Crippen molar-refractivity contribution in [1.82, 2.24) is 0 Å². The first kappa shape index (κ1) is 31.6. The fourth-order valence-corrected chi connectivity index (χ4v) is 3.60. The lowest BCUT2D eigenvalue weighted by Gasteiger charge is -2.29. The van der Waals surface area contributed by atoms with Crippen LogP contribution in [0, 0.1) is 11.3 Å². The Bertz CT molecular complexity index is 1130. The third-order valence-electron chi connectivity index (χ3n) is 5.76. The number of carbonyl (C=O) groups is 2. The minimum absolute atomic E-state index is 0.0160. The van der Waals surface area contributed by atoms with Gasteiger partial charge in [0, 0.05) is 25.3 Å². The van der Waals surface area contributed by atoms with Gasteiger partial charge in [-0.2, -0.15) is 5.26 Å². The van der Waals surface area contributed by atoms with E-state index >= 15 is 0 Å². The molecule has 0 heterocycles. The number of aliphatic hydroxyl groups is 2. The lowest BCUT2D eigenvalue weighted by molar-refractivity contribution is -0.151. The summed E-state index contributed by atoms with van der Waals surface area (Å²) < 4.78 is 37.2. The zero-order valence-electron chi connectivity index (χ0n) is 22.1. The highest BCUT2D eigenvalue weighted by molar-refractivity contribution is 5.91. The first-order valence-electron chi connectivity index (χ1n) is 11.8. The van der Waals surface area contributed by atoms with Crippen LogP contribution in [-0.4, -0.2) is 97.0 Å². The van der Waals surface area contributed by atoms with Crippen molar-refractivity contribution in [3.05, 3.63) is 47.0 Å². The van der Waals surface area contributed by atoms with Crippen LogP contribution in [0.3, 0.4) is 0 Å². The third kappa shape index (κ3) is 7.96. The molecule has 0 amide bonds. The molecule has 0 saturated carbocycles. The Morgan fingerprint density at radius 1 is 0.923 bits per heavy atom. The molecular weight excluding hydrogens is 514 g/mol. The number of hydrogen-bond donors (Lipinski definition) is 2. The lowest BCUT2D eigenvalue weighted by atomic mass is 9.79. The molecule has 0 aliphatic carbocycles. The van der Waals surface area contributed by atoms with Gasteiger partial charge in [0.2, 0.25) is 0 Å². The standard InChI is InChI=1S/C27H33NO11/c1-33-6-8-36-17-38-24-5-4-19(13-28)10-22(24)23-12-21(27(15-30,16-31)26(32)35-3)11-20(14-29)25(23)39-18-37-9-7-34-2/h4-5,10-12,14,30-31H,6-9,15-18H2,1-3H3. The second-order valence-electron chi connectivity index (χ2n) is 8.10. The van der Waals surface area contributed by atoms with Gasteiger partial charge in [0.05, 0.1) is 63.9 Å². The molecule has 0 saturated heterocycles. The van der Waals surface area contributed by atoms with Crippen LogP contribution in [0.5, 0.6) is 11.5 Å². The first-order valence-corrected chi connectivity index (χ1v) is 11.8. The molecule has 0 radical (unpaired) electrons. The fourth-order valence-electron chi connectivity index (χ4n) is 3.60. The summed E-state index contributed by atoms with van der Waals surface area (Å²) in [6.07, 6.45) is 0.497. The number of esters is 1. The van der Waals surface area contributed by atoms with Crippen LogP contribution in [0.15, 0.2) is 30.3 Å². The largest absolute Gasteiger partial charge is 0.468 e. The number of carbonyl (C=O) groups excluding carboxylic acids is 2. The van der Waals surface area contributed by atoms with Crippen LogP contribution in [0.4, 0.5) is 0 Å². The van der Waals surface area contributed by atoms with Crippen molar-refractivity contribution >= 4 is 12.3 Å². The van der Waals surface area contributed by atoms with E-state index < -0.39 is 24.6 Å². The summed E-state index contributed by atoms with van der Waals surface area (Å²) in [6.45, 7) is -0.882. The molecule has 212 valence electrons. The van der Waals surface area contributed by atoms with Crippen LogP contribution < -0.4 is 9.47 Å². The van der Waals surface area contributed by atoms with E-state index in [-0.39, 0.29) is 60.6 Å². The van der Waals surface area contributed by atoms with Gasteiger partial charge >= 0.3 is 5.97 Å². The normalized spacial score (nSPS) is 11.1. The van der Waals surface area contributed by atoms with E-state index in [1.165, 1.54) is 38.5 Å². The van der Waals surface area contributed by atoms with Crippen molar-refractivity contribution < 1.29 is 53.0 Å². The Morgan fingerprint density at radius 3 is 2.10 bits per heavy atom. The minimum atomic E-state index is -1.90. The second kappa shape index (κ2) is 16.4. The predicted octanol–water partition coefficient (Wildman–Crippen LogP) is 1.43. The summed E-state index contributed by atoms with van der Waals surface area (Å²) in [5.41, 5.74) is -1.03. The maximum absolute atomic E-state index is 12.7. The molecule has 2 rings (SSSR count). The molecule has 0 fully saturated rings. The number of benzene rings is 2. The summed E-state index contributed by atoms with van der Waals surface area (Å²) >= 11 is 0. The zero-order chi connectivity index (χ0) is 28.7. The molecule has 12 heteroatoms. The van der Waals surface area contributed by atoms with Gasteiger partial charge in [-0.05, 0) is 35.9 Å². The number of methoxy groups -OCH3 is 3. The third-order valence-corrected chi connectivity index (χ3v) is 5.76. The Morgan fingerprint density at radius 2 is 1.56 bits per heavy atom. The smallest absolute Gasteiger partial charge is 0.321 e. The maximum Gasteiger partial charge on any atom is 0.321 e. The number of aldehydes is 1. The highest BCUT2D eigenvalue weighted by Gasteiger charge is 2.42. The van der Waals surface area contributed by atoms with Gasteiger partial charge in [0.25, 0.3) is 0 Å². The van der Waals surface area contributed by atoms with Gasteiger partial charge < -0.3 is 43.4 Å². The average molecular weight is 548 g/mol. The van der Waals surface area contributed by atoms with Crippen LogP contribution in [-0.2, 0) is 33.9 Å².